The van der Waals surface area contributed by atoms with Gasteiger partial charge in [-0.2, -0.15) is 0 Å². The van der Waals surface area contributed by atoms with E-state index in [0.717, 1.165) is 13.0 Å². The van der Waals surface area contributed by atoms with Crippen LogP contribution in [0.2, 0.25) is 0 Å². The fraction of sp³-hybridized carbons (Fsp3) is 0.643. The third-order valence-corrected chi connectivity index (χ3v) is 10.0. The predicted octanol–water partition coefficient (Wildman–Crippen LogP) is 12.4. The maximum atomic E-state index is 2.55. The summed E-state index contributed by atoms with van der Waals surface area (Å²) in [7, 11) is 0. The standard InChI is InChI=1S/C42H67N2/c1-4-6-8-9-10-11-12-13-14-15-16-17-18-19-20-21-28-33-41(44-36-35-43(38-44)34-7-5-2)42(3,40-31-26-23-27-32-40)37-39-29-24-22-25-30-39/h22-27,29-32,35-36,38,41H,4-21,28,33-34,37H2,1-3H3/q+1. The topological polar surface area (TPSA) is 8.81 Å². The molecule has 3 rings (SSSR count). The van der Waals surface area contributed by atoms with Gasteiger partial charge in [-0.3, -0.25) is 0 Å². The normalized spacial score (nSPS) is 13.6. The van der Waals surface area contributed by atoms with E-state index in [1.165, 1.54) is 140 Å². The summed E-state index contributed by atoms with van der Waals surface area (Å²) in [6.45, 7) is 8.21. The molecule has 0 bridgehead atoms. The van der Waals surface area contributed by atoms with E-state index in [0.29, 0.717) is 6.04 Å². The van der Waals surface area contributed by atoms with E-state index in [9.17, 15) is 0 Å². The average Bonchev–Trinajstić information content (AvgIpc) is 3.52. The van der Waals surface area contributed by atoms with E-state index >= 15 is 0 Å². The van der Waals surface area contributed by atoms with Crippen LogP contribution in [-0.4, -0.2) is 4.57 Å². The number of benzene rings is 2. The van der Waals surface area contributed by atoms with Gasteiger partial charge in [0.25, 0.3) is 0 Å². The minimum atomic E-state index is 0.0132. The molecule has 2 atom stereocenters. The van der Waals surface area contributed by atoms with Gasteiger partial charge in [0.2, 0.25) is 6.33 Å². The van der Waals surface area contributed by atoms with Crippen molar-refractivity contribution in [3.63, 3.8) is 0 Å². The number of imidazole rings is 1. The van der Waals surface area contributed by atoms with Crippen LogP contribution in [-0.2, 0) is 18.4 Å². The van der Waals surface area contributed by atoms with Crippen LogP contribution in [0.1, 0.15) is 166 Å². The third kappa shape index (κ3) is 13.3. The molecular weight excluding hydrogens is 532 g/mol. The molecule has 1 heterocycles. The van der Waals surface area contributed by atoms with E-state index < -0.39 is 0 Å². The van der Waals surface area contributed by atoms with Crippen LogP contribution < -0.4 is 4.57 Å². The molecule has 0 N–H and O–H groups in total. The minimum absolute atomic E-state index is 0.0132. The van der Waals surface area contributed by atoms with E-state index in [2.05, 4.69) is 109 Å². The van der Waals surface area contributed by atoms with Gasteiger partial charge < -0.3 is 0 Å². The van der Waals surface area contributed by atoms with Gasteiger partial charge in [0.15, 0.2) is 0 Å². The number of unbranched alkanes of at least 4 members (excludes halogenated alkanes) is 17. The van der Waals surface area contributed by atoms with Gasteiger partial charge in [-0.15, -0.1) is 0 Å². The predicted molar refractivity (Wildman–Crippen MR) is 191 cm³/mol. The molecule has 2 aromatic carbocycles. The molecule has 0 spiro atoms. The maximum Gasteiger partial charge on any atom is 0.244 e. The number of rotatable bonds is 26. The summed E-state index contributed by atoms with van der Waals surface area (Å²) >= 11 is 0. The van der Waals surface area contributed by atoms with Gasteiger partial charge in [0.1, 0.15) is 18.4 Å². The minimum Gasteiger partial charge on any atom is -0.237 e. The van der Waals surface area contributed by atoms with Crippen LogP contribution in [0.4, 0.5) is 0 Å². The van der Waals surface area contributed by atoms with Gasteiger partial charge in [-0.05, 0) is 36.8 Å². The first-order valence-corrected chi connectivity index (χ1v) is 18.8. The first-order chi connectivity index (χ1) is 21.7. The molecule has 0 saturated heterocycles. The highest BCUT2D eigenvalue weighted by Crippen LogP contribution is 2.41. The van der Waals surface area contributed by atoms with Crippen LogP contribution in [0.5, 0.6) is 0 Å². The highest BCUT2D eigenvalue weighted by molar-refractivity contribution is 5.30. The highest BCUT2D eigenvalue weighted by atomic mass is 15.1. The van der Waals surface area contributed by atoms with Crippen molar-refractivity contribution in [2.45, 2.75) is 174 Å². The lowest BCUT2D eigenvalue weighted by Crippen LogP contribution is -2.38. The molecule has 2 heteroatoms. The zero-order chi connectivity index (χ0) is 31.1. The van der Waals surface area contributed by atoms with Crippen molar-refractivity contribution >= 4 is 0 Å². The molecule has 0 amide bonds. The molecule has 0 fully saturated rings. The number of aromatic nitrogens is 2. The first kappa shape index (κ1) is 36.1. The second-order valence-corrected chi connectivity index (χ2v) is 13.9. The second-order valence-electron chi connectivity index (χ2n) is 13.9. The zero-order valence-electron chi connectivity index (χ0n) is 29.0. The Morgan fingerprint density at radius 1 is 0.591 bits per heavy atom. The van der Waals surface area contributed by atoms with Crippen LogP contribution in [0, 0.1) is 0 Å². The van der Waals surface area contributed by atoms with Gasteiger partial charge in [-0.1, -0.05) is 191 Å². The Balaban J connectivity index is 1.47. The molecule has 0 radical (unpaired) electrons. The molecule has 0 aliphatic heterocycles. The molecule has 0 aliphatic carbocycles. The largest absolute Gasteiger partial charge is 0.244 e. The fourth-order valence-electron chi connectivity index (χ4n) is 7.18. The van der Waals surface area contributed by atoms with E-state index in [1.54, 1.807) is 0 Å². The summed E-state index contributed by atoms with van der Waals surface area (Å²) in [5.41, 5.74) is 2.89. The number of nitrogens with zero attached hydrogens (tertiary/aromatic N) is 2. The SMILES string of the molecule is CCCCCCCCCCCCCCCCCCCC(n1cc[n+](CCCC)c1)C(C)(Cc1ccccc1)c1ccccc1. The highest BCUT2D eigenvalue weighted by Gasteiger charge is 2.40. The molecular formula is C42H67N2+. The molecule has 0 saturated carbocycles. The van der Waals surface area contributed by atoms with Gasteiger partial charge >= 0.3 is 0 Å². The first-order valence-electron chi connectivity index (χ1n) is 18.8. The van der Waals surface area contributed by atoms with Crippen molar-refractivity contribution < 1.29 is 4.57 Å². The summed E-state index contributed by atoms with van der Waals surface area (Å²) in [6, 6.07) is 22.9. The monoisotopic (exact) mass is 600 g/mol. The average molecular weight is 600 g/mol. The number of hydrogen-bond acceptors (Lipinski definition) is 0. The Morgan fingerprint density at radius 3 is 1.59 bits per heavy atom. The van der Waals surface area contributed by atoms with Crippen molar-refractivity contribution in [3.05, 3.63) is 90.5 Å². The van der Waals surface area contributed by atoms with E-state index in [1.807, 2.05) is 0 Å². The molecule has 0 aliphatic rings. The lowest BCUT2D eigenvalue weighted by Gasteiger charge is -2.37. The summed E-state index contributed by atoms with van der Waals surface area (Å²) in [4.78, 5) is 0. The maximum absolute atomic E-state index is 2.55. The Kier molecular flexibility index (Phi) is 18.2. The lowest BCUT2D eigenvalue weighted by atomic mass is 9.70. The van der Waals surface area contributed by atoms with Crippen molar-refractivity contribution in [3.8, 4) is 0 Å². The van der Waals surface area contributed by atoms with Crippen LogP contribution in [0.15, 0.2) is 79.4 Å². The van der Waals surface area contributed by atoms with Crippen LogP contribution >= 0.6 is 0 Å². The molecule has 2 nitrogen and oxygen atoms in total. The third-order valence-electron chi connectivity index (χ3n) is 10.0. The second kappa shape index (κ2) is 22.2. The molecule has 244 valence electrons. The Hall–Kier alpha value is -2.35. The summed E-state index contributed by atoms with van der Waals surface area (Å²) in [5, 5.41) is 0. The van der Waals surface area contributed by atoms with Crippen molar-refractivity contribution in [1.29, 1.82) is 0 Å². The molecule has 1 aromatic heterocycles. The zero-order valence-corrected chi connectivity index (χ0v) is 29.0. The molecule has 3 aromatic rings. The fourth-order valence-corrected chi connectivity index (χ4v) is 7.18. The van der Waals surface area contributed by atoms with Crippen molar-refractivity contribution in [2.75, 3.05) is 0 Å². The van der Waals surface area contributed by atoms with Gasteiger partial charge in [0.05, 0.1) is 6.54 Å². The number of hydrogen-bond donors (Lipinski definition) is 0. The van der Waals surface area contributed by atoms with Gasteiger partial charge in [-0.25, -0.2) is 9.13 Å². The van der Waals surface area contributed by atoms with Crippen LogP contribution in [0.25, 0.3) is 0 Å². The smallest absolute Gasteiger partial charge is 0.237 e. The lowest BCUT2D eigenvalue weighted by molar-refractivity contribution is -0.697. The Labute approximate surface area is 272 Å². The Morgan fingerprint density at radius 2 is 1.07 bits per heavy atom. The quantitative estimate of drug-likeness (QED) is 0.0641. The van der Waals surface area contributed by atoms with E-state index in [4.69, 9.17) is 0 Å². The molecule has 44 heavy (non-hydrogen) atoms. The van der Waals surface area contributed by atoms with Crippen LogP contribution in [0.3, 0.4) is 0 Å². The molecule has 2 unspecified atom stereocenters. The Bertz CT molecular complexity index is 1070. The number of aryl methyl sites for hydroxylation is 1. The summed E-state index contributed by atoms with van der Waals surface area (Å²) in [5.74, 6) is 0. The summed E-state index contributed by atoms with van der Waals surface area (Å²) < 4.78 is 4.96. The van der Waals surface area contributed by atoms with Crippen molar-refractivity contribution in [2.24, 2.45) is 0 Å². The van der Waals surface area contributed by atoms with E-state index in [-0.39, 0.29) is 5.41 Å². The van der Waals surface area contributed by atoms with Crippen molar-refractivity contribution in [1.82, 2.24) is 4.57 Å². The van der Waals surface area contributed by atoms with Gasteiger partial charge in [0, 0.05) is 5.41 Å². The summed E-state index contributed by atoms with van der Waals surface area (Å²) in [6.07, 6.45) is 36.0.